The molecule has 0 spiro atoms. The lowest BCUT2D eigenvalue weighted by Crippen LogP contribution is -2.16. The predicted octanol–water partition coefficient (Wildman–Crippen LogP) is 0.764. The molecule has 2 aromatic heterocycles. The van der Waals surface area contributed by atoms with Crippen LogP contribution in [0.4, 0.5) is 0 Å². The van der Waals surface area contributed by atoms with Gasteiger partial charge in [0.2, 0.25) is 11.7 Å². The van der Waals surface area contributed by atoms with E-state index in [-0.39, 0.29) is 18.1 Å². The summed E-state index contributed by atoms with van der Waals surface area (Å²) in [6, 6.07) is 2.79. The van der Waals surface area contributed by atoms with Crippen LogP contribution in [0.15, 0.2) is 27.3 Å². The molecule has 18 heavy (non-hydrogen) atoms. The van der Waals surface area contributed by atoms with E-state index in [9.17, 15) is 8.42 Å². The molecule has 0 aliphatic heterocycles. The topological polar surface area (TPSA) is 112 Å². The lowest BCUT2D eigenvalue weighted by molar-refractivity contribution is 0.352. The van der Waals surface area contributed by atoms with Crippen molar-refractivity contribution in [1.82, 2.24) is 10.1 Å². The van der Waals surface area contributed by atoms with Gasteiger partial charge in [0.25, 0.3) is 0 Å². The minimum absolute atomic E-state index is 0.0212. The van der Waals surface area contributed by atoms with Crippen LogP contribution in [-0.2, 0) is 9.84 Å². The Morgan fingerprint density at radius 2 is 2.28 bits per heavy atom. The van der Waals surface area contributed by atoms with E-state index in [2.05, 4.69) is 10.1 Å². The molecule has 0 bridgehead atoms. The highest BCUT2D eigenvalue weighted by Crippen LogP contribution is 2.19. The molecule has 0 saturated carbocycles. The SMILES string of the molecule is CS(=O)(=O)CC[C@H](N)c1nc(-c2ccco2)no1. The Kier molecular flexibility index (Phi) is 3.48. The molecule has 0 fully saturated rings. The monoisotopic (exact) mass is 271 g/mol. The summed E-state index contributed by atoms with van der Waals surface area (Å²) in [5.41, 5.74) is 5.78. The molecule has 0 aliphatic carbocycles. The Morgan fingerprint density at radius 1 is 1.50 bits per heavy atom. The van der Waals surface area contributed by atoms with Crippen LogP contribution in [-0.4, -0.2) is 30.6 Å². The summed E-state index contributed by atoms with van der Waals surface area (Å²) in [5, 5.41) is 3.71. The number of nitrogens with two attached hydrogens (primary N) is 1. The van der Waals surface area contributed by atoms with Crippen LogP contribution >= 0.6 is 0 Å². The fourth-order valence-electron chi connectivity index (χ4n) is 1.36. The Morgan fingerprint density at radius 3 is 2.89 bits per heavy atom. The smallest absolute Gasteiger partial charge is 0.244 e. The van der Waals surface area contributed by atoms with Crippen LogP contribution < -0.4 is 5.73 Å². The van der Waals surface area contributed by atoms with Gasteiger partial charge >= 0.3 is 0 Å². The Bertz CT molecular complexity index is 603. The highest BCUT2D eigenvalue weighted by Gasteiger charge is 2.18. The van der Waals surface area contributed by atoms with Gasteiger partial charge in [0.15, 0.2) is 5.76 Å². The summed E-state index contributed by atoms with van der Waals surface area (Å²) < 4.78 is 32.1. The molecule has 0 unspecified atom stereocenters. The van der Waals surface area contributed by atoms with Gasteiger partial charge in [-0.2, -0.15) is 4.98 Å². The molecular formula is C10H13N3O4S. The number of nitrogens with zero attached hydrogens (tertiary/aromatic N) is 2. The quantitative estimate of drug-likeness (QED) is 0.854. The molecule has 2 N–H and O–H groups in total. The van der Waals surface area contributed by atoms with Crippen molar-refractivity contribution in [3.8, 4) is 11.6 Å². The summed E-state index contributed by atoms with van der Waals surface area (Å²) in [4.78, 5) is 4.06. The fraction of sp³-hybridized carbons (Fsp3) is 0.400. The maximum Gasteiger partial charge on any atom is 0.244 e. The summed E-state index contributed by atoms with van der Waals surface area (Å²) in [7, 11) is -3.05. The third-order valence-corrected chi connectivity index (χ3v) is 3.28. The van der Waals surface area contributed by atoms with Gasteiger partial charge in [-0.15, -0.1) is 0 Å². The minimum Gasteiger partial charge on any atom is -0.461 e. The first-order valence-electron chi connectivity index (χ1n) is 5.26. The largest absolute Gasteiger partial charge is 0.461 e. The van der Waals surface area contributed by atoms with Gasteiger partial charge in [-0.3, -0.25) is 0 Å². The third kappa shape index (κ3) is 3.17. The Balaban J connectivity index is 2.06. The van der Waals surface area contributed by atoms with Crippen molar-refractivity contribution >= 4 is 9.84 Å². The average Bonchev–Trinajstić information content (AvgIpc) is 2.94. The lowest BCUT2D eigenvalue weighted by atomic mass is 10.2. The zero-order valence-electron chi connectivity index (χ0n) is 9.74. The van der Waals surface area contributed by atoms with E-state index in [1.807, 2.05) is 0 Å². The molecule has 0 saturated heterocycles. The van der Waals surface area contributed by atoms with Crippen molar-refractivity contribution in [2.24, 2.45) is 5.73 Å². The van der Waals surface area contributed by atoms with Gasteiger partial charge in [-0.1, -0.05) is 5.16 Å². The second kappa shape index (κ2) is 4.91. The van der Waals surface area contributed by atoms with Crippen LogP contribution in [0.1, 0.15) is 18.4 Å². The molecule has 7 nitrogen and oxygen atoms in total. The second-order valence-electron chi connectivity index (χ2n) is 3.96. The highest BCUT2D eigenvalue weighted by molar-refractivity contribution is 7.90. The number of sulfone groups is 1. The summed E-state index contributed by atoms with van der Waals surface area (Å²) >= 11 is 0. The van der Waals surface area contributed by atoms with Crippen LogP contribution in [0.3, 0.4) is 0 Å². The van der Waals surface area contributed by atoms with Crippen LogP contribution in [0, 0.1) is 0 Å². The number of rotatable bonds is 5. The summed E-state index contributed by atoms with van der Waals surface area (Å²) in [6.45, 7) is 0. The number of aromatic nitrogens is 2. The van der Waals surface area contributed by atoms with Crippen LogP contribution in [0.2, 0.25) is 0 Å². The van der Waals surface area contributed by atoms with Crippen molar-refractivity contribution in [1.29, 1.82) is 0 Å². The molecular weight excluding hydrogens is 258 g/mol. The maximum absolute atomic E-state index is 11.0. The molecule has 0 amide bonds. The van der Waals surface area contributed by atoms with Gasteiger partial charge in [-0.25, -0.2) is 8.42 Å². The normalized spacial score (nSPS) is 13.7. The molecule has 0 aromatic carbocycles. The van der Waals surface area contributed by atoms with E-state index >= 15 is 0 Å². The first-order valence-corrected chi connectivity index (χ1v) is 7.32. The molecule has 2 rings (SSSR count). The molecule has 8 heteroatoms. The van der Waals surface area contributed by atoms with E-state index < -0.39 is 15.9 Å². The first kappa shape index (κ1) is 12.8. The van der Waals surface area contributed by atoms with E-state index in [0.717, 1.165) is 6.26 Å². The van der Waals surface area contributed by atoms with Gasteiger partial charge in [0, 0.05) is 6.26 Å². The number of hydrogen-bond acceptors (Lipinski definition) is 7. The van der Waals surface area contributed by atoms with Crippen LogP contribution in [0.25, 0.3) is 11.6 Å². The van der Waals surface area contributed by atoms with E-state index in [1.54, 1.807) is 12.1 Å². The van der Waals surface area contributed by atoms with Gasteiger partial charge in [0.1, 0.15) is 9.84 Å². The Hall–Kier alpha value is -1.67. The molecule has 2 heterocycles. The van der Waals surface area contributed by atoms with Crippen molar-refractivity contribution in [2.75, 3.05) is 12.0 Å². The predicted molar refractivity (Wildman–Crippen MR) is 63.3 cm³/mol. The lowest BCUT2D eigenvalue weighted by Gasteiger charge is -2.04. The van der Waals surface area contributed by atoms with Crippen molar-refractivity contribution in [2.45, 2.75) is 12.5 Å². The zero-order valence-corrected chi connectivity index (χ0v) is 10.6. The van der Waals surface area contributed by atoms with E-state index in [1.165, 1.54) is 6.26 Å². The van der Waals surface area contributed by atoms with Gasteiger partial charge in [0.05, 0.1) is 18.1 Å². The maximum atomic E-state index is 11.0. The molecule has 1 atom stereocenters. The highest BCUT2D eigenvalue weighted by atomic mass is 32.2. The Labute approximate surface area is 104 Å². The van der Waals surface area contributed by atoms with E-state index in [0.29, 0.717) is 11.6 Å². The van der Waals surface area contributed by atoms with Crippen molar-refractivity contribution in [3.05, 3.63) is 24.3 Å². The zero-order chi connectivity index (χ0) is 13.2. The minimum atomic E-state index is -3.05. The van der Waals surface area contributed by atoms with Crippen molar-refractivity contribution in [3.63, 3.8) is 0 Å². The van der Waals surface area contributed by atoms with Gasteiger partial charge in [-0.05, 0) is 18.6 Å². The fourth-order valence-corrected chi connectivity index (χ4v) is 2.04. The first-order chi connectivity index (χ1) is 8.46. The summed E-state index contributed by atoms with van der Waals surface area (Å²) in [6.07, 6.45) is 2.88. The standard InChI is InChI=1S/C10H13N3O4S/c1-18(14,15)6-4-7(11)10-12-9(13-17-10)8-3-2-5-16-8/h2-3,5,7H,4,6,11H2,1H3/t7-/m0/s1. The van der Waals surface area contributed by atoms with Crippen LogP contribution in [0.5, 0.6) is 0 Å². The molecule has 0 aliphatic rings. The molecule has 0 radical (unpaired) electrons. The average molecular weight is 271 g/mol. The third-order valence-electron chi connectivity index (χ3n) is 2.30. The summed E-state index contributed by atoms with van der Waals surface area (Å²) in [5.74, 6) is 0.947. The van der Waals surface area contributed by atoms with Gasteiger partial charge < -0.3 is 14.7 Å². The number of furan rings is 1. The van der Waals surface area contributed by atoms with Crippen molar-refractivity contribution < 1.29 is 17.4 Å². The number of hydrogen-bond donors (Lipinski definition) is 1. The van der Waals surface area contributed by atoms with E-state index in [4.69, 9.17) is 14.7 Å². The molecule has 2 aromatic rings. The second-order valence-corrected chi connectivity index (χ2v) is 6.22. The molecule has 98 valence electrons.